The highest BCUT2D eigenvalue weighted by Crippen LogP contribution is 2.42. The maximum Gasteiger partial charge on any atom is 0.148 e. The lowest BCUT2D eigenvalue weighted by molar-refractivity contribution is -0.209. The number of rotatable bonds is 0. The summed E-state index contributed by atoms with van der Waals surface area (Å²) in [5, 5.41) is 46.5. The van der Waals surface area contributed by atoms with Crippen LogP contribution in [0, 0.1) is 0 Å². The topological polar surface area (TPSA) is 114 Å². The van der Waals surface area contributed by atoms with E-state index in [9.17, 15) is 25.5 Å². The Morgan fingerprint density at radius 3 is 1.54 bits per heavy atom. The zero-order valence-corrected chi connectivity index (χ0v) is 6.74. The van der Waals surface area contributed by atoms with Gasteiger partial charge in [0, 0.05) is 0 Å². The van der Waals surface area contributed by atoms with Crippen molar-refractivity contribution in [2.45, 2.75) is 36.1 Å². The van der Waals surface area contributed by atoms with Crippen molar-refractivity contribution in [3.63, 3.8) is 0 Å². The number of hydrogen-bond acceptors (Lipinski definition) is 6. The molecule has 1 saturated heterocycles. The van der Waals surface area contributed by atoms with E-state index in [0.717, 1.165) is 0 Å². The molecule has 5 N–H and O–H groups in total. The van der Waals surface area contributed by atoms with Gasteiger partial charge in [0.05, 0.1) is 6.61 Å². The van der Waals surface area contributed by atoms with Gasteiger partial charge in [0.15, 0.2) is 0 Å². The highest BCUT2D eigenvalue weighted by molar-refractivity contribution is 5.15. The van der Waals surface area contributed by atoms with Crippen molar-refractivity contribution in [2.75, 3.05) is 6.61 Å². The highest BCUT2D eigenvalue weighted by atomic mass is 16.6. The fraction of sp³-hybridized carbons (Fsp3) is 1.00. The maximum atomic E-state index is 9.42. The van der Waals surface area contributed by atoms with Gasteiger partial charge in [0.2, 0.25) is 0 Å². The third kappa shape index (κ3) is 1.04. The molecule has 1 heterocycles. The second-order valence-electron chi connectivity index (χ2n) is 3.61. The summed E-state index contributed by atoms with van der Waals surface area (Å²) in [6.07, 6.45) is -7.23. The zero-order chi connectivity index (χ0) is 9.80. The van der Waals surface area contributed by atoms with Crippen molar-refractivity contribution in [1.29, 1.82) is 0 Å². The Bertz CT molecular complexity index is 197. The number of aliphatic hydroxyl groups is 5. The molecule has 0 amide bonds. The minimum atomic E-state index is -1.54. The van der Waals surface area contributed by atoms with E-state index < -0.39 is 36.1 Å². The maximum absolute atomic E-state index is 9.42. The Balaban J connectivity index is 2.24. The van der Waals surface area contributed by atoms with Crippen LogP contribution >= 0.6 is 0 Å². The quantitative estimate of drug-likeness (QED) is 0.255. The molecule has 1 spiro atoms. The van der Waals surface area contributed by atoms with Crippen LogP contribution in [0.5, 0.6) is 0 Å². The average molecular weight is 192 g/mol. The molecule has 1 saturated carbocycles. The predicted octanol–water partition coefficient (Wildman–Crippen LogP) is -3.43. The lowest BCUT2D eigenvalue weighted by atomic mass is 9.78. The molecule has 1 aliphatic carbocycles. The molecule has 0 radical (unpaired) electrons. The lowest BCUT2D eigenvalue weighted by Gasteiger charge is -2.40. The Morgan fingerprint density at radius 2 is 1.23 bits per heavy atom. The molecule has 76 valence electrons. The Labute approximate surface area is 74.0 Å². The van der Waals surface area contributed by atoms with E-state index in [4.69, 9.17) is 4.74 Å². The van der Waals surface area contributed by atoms with E-state index >= 15 is 0 Å². The zero-order valence-electron chi connectivity index (χ0n) is 6.74. The third-order valence-electron chi connectivity index (χ3n) is 2.83. The summed E-state index contributed by atoms with van der Waals surface area (Å²) in [4.78, 5) is 0. The van der Waals surface area contributed by atoms with Crippen LogP contribution < -0.4 is 0 Å². The van der Waals surface area contributed by atoms with Crippen molar-refractivity contribution in [1.82, 2.24) is 0 Å². The SMILES string of the molecule is OC1[C@@H](O)[C@@H](O)C2(CO2)[C@@H](O)[C@@H]1O. The number of epoxide rings is 1. The normalized spacial score (nSPS) is 61.2. The third-order valence-corrected chi connectivity index (χ3v) is 2.83. The molecule has 1 aliphatic heterocycles. The first-order chi connectivity index (χ1) is 6.00. The first-order valence-corrected chi connectivity index (χ1v) is 4.05. The monoisotopic (exact) mass is 192 g/mol. The van der Waals surface area contributed by atoms with Gasteiger partial charge in [-0.3, -0.25) is 0 Å². The van der Waals surface area contributed by atoms with E-state index in [-0.39, 0.29) is 6.61 Å². The van der Waals surface area contributed by atoms with Gasteiger partial charge in [0.1, 0.15) is 36.1 Å². The van der Waals surface area contributed by atoms with E-state index in [0.29, 0.717) is 0 Å². The first kappa shape index (κ1) is 9.32. The van der Waals surface area contributed by atoms with Crippen molar-refractivity contribution in [3.8, 4) is 0 Å². The van der Waals surface area contributed by atoms with Gasteiger partial charge < -0.3 is 30.3 Å². The highest BCUT2D eigenvalue weighted by Gasteiger charge is 2.66. The average Bonchev–Trinajstić information content (AvgIpc) is 2.91. The van der Waals surface area contributed by atoms with E-state index in [1.165, 1.54) is 0 Å². The standard InChI is InChI=1S/C7H12O6/c8-2-3(9)5(11)7(1-13-7)6(12)4(2)10/h2-6,8-12H,1H2/t2?,3-,4-,5-,6+,7?/m1/s1. The van der Waals surface area contributed by atoms with Crippen molar-refractivity contribution >= 4 is 0 Å². The van der Waals surface area contributed by atoms with Gasteiger partial charge in [-0.25, -0.2) is 0 Å². The molecule has 6 atom stereocenters. The van der Waals surface area contributed by atoms with Gasteiger partial charge in [0.25, 0.3) is 0 Å². The van der Waals surface area contributed by atoms with Crippen LogP contribution in [0.4, 0.5) is 0 Å². The summed E-state index contributed by atoms with van der Waals surface area (Å²) >= 11 is 0. The summed E-state index contributed by atoms with van der Waals surface area (Å²) in [6.45, 7) is 0.0795. The van der Waals surface area contributed by atoms with Crippen LogP contribution in [0.3, 0.4) is 0 Å². The second kappa shape index (κ2) is 2.63. The van der Waals surface area contributed by atoms with E-state index in [1.807, 2.05) is 0 Å². The summed E-state index contributed by atoms with van der Waals surface area (Å²) in [6, 6.07) is 0. The molecule has 13 heavy (non-hydrogen) atoms. The van der Waals surface area contributed by atoms with Crippen LogP contribution in [-0.2, 0) is 4.74 Å². The lowest BCUT2D eigenvalue weighted by Crippen LogP contribution is -2.65. The molecule has 6 heteroatoms. The fourth-order valence-corrected chi connectivity index (χ4v) is 1.75. The van der Waals surface area contributed by atoms with Crippen molar-refractivity contribution < 1.29 is 30.3 Å². The fourth-order valence-electron chi connectivity index (χ4n) is 1.75. The van der Waals surface area contributed by atoms with Crippen LogP contribution in [0.2, 0.25) is 0 Å². The van der Waals surface area contributed by atoms with Gasteiger partial charge in [-0.2, -0.15) is 0 Å². The van der Waals surface area contributed by atoms with Gasteiger partial charge in [-0.15, -0.1) is 0 Å². The molecular formula is C7H12O6. The Hall–Kier alpha value is -0.240. The van der Waals surface area contributed by atoms with Crippen LogP contribution in [0.1, 0.15) is 0 Å². The molecule has 2 aliphatic rings. The first-order valence-electron chi connectivity index (χ1n) is 4.05. The van der Waals surface area contributed by atoms with Gasteiger partial charge in [-0.1, -0.05) is 0 Å². The van der Waals surface area contributed by atoms with Gasteiger partial charge >= 0.3 is 0 Å². The summed E-state index contributed by atoms with van der Waals surface area (Å²) < 4.78 is 4.82. The smallest absolute Gasteiger partial charge is 0.148 e. The molecule has 2 unspecified atom stereocenters. The van der Waals surface area contributed by atoms with Crippen molar-refractivity contribution in [3.05, 3.63) is 0 Å². The van der Waals surface area contributed by atoms with Crippen LogP contribution in [0.15, 0.2) is 0 Å². The Kier molecular flexibility index (Phi) is 1.88. The molecular weight excluding hydrogens is 180 g/mol. The van der Waals surface area contributed by atoms with Crippen LogP contribution in [-0.4, -0.2) is 68.3 Å². The molecule has 0 bridgehead atoms. The minimum absolute atomic E-state index is 0.0795. The summed E-state index contributed by atoms with van der Waals surface area (Å²) in [7, 11) is 0. The molecule has 0 aromatic heterocycles. The molecule has 6 nitrogen and oxygen atoms in total. The molecule has 0 aromatic carbocycles. The summed E-state index contributed by atoms with van der Waals surface area (Å²) in [5.41, 5.74) is -1.28. The van der Waals surface area contributed by atoms with Crippen molar-refractivity contribution in [2.24, 2.45) is 0 Å². The van der Waals surface area contributed by atoms with Crippen LogP contribution in [0.25, 0.3) is 0 Å². The largest absolute Gasteiger partial charge is 0.387 e. The molecule has 0 aromatic rings. The molecule has 2 fully saturated rings. The second-order valence-corrected chi connectivity index (χ2v) is 3.61. The number of aliphatic hydroxyl groups excluding tert-OH is 5. The summed E-state index contributed by atoms with van der Waals surface area (Å²) in [5.74, 6) is 0. The number of ether oxygens (including phenoxy) is 1. The molecule has 2 rings (SSSR count). The number of hydrogen-bond donors (Lipinski definition) is 5. The van der Waals surface area contributed by atoms with Gasteiger partial charge in [-0.05, 0) is 0 Å². The van der Waals surface area contributed by atoms with E-state index in [2.05, 4.69) is 0 Å². The van der Waals surface area contributed by atoms with E-state index in [1.54, 1.807) is 0 Å². The predicted molar refractivity (Wildman–Crippen MR) is 38.7 cm³/mol. The minimum Gasteiger partial charge on any atom is -0.387 e. The Morgan fingerprint density at radius 1 is 0.846 bits per heavy atom.